The Morgan fingerprint density at radius 3 is 1.43 bits per heavy atom. The summed E-state index contributed by atoms with van der Waals surface area (Å²) >= 11 is 2.96. The number of benzene rings is 2. The largest absolute Gasteiger partial charge is 0.480 e. The predicted octanol–water partition coefficient (Wildman–Crippen LogP) is 5.71. The number of aryl methyl sites for hydroxylation is 6. The van der Waals surface area contributed by atoms with Gasteiger partial charge in [-0.05, 0) is 70.7 Å². The van der Waals surface area contributed by atoms with Gasteiger partial charge >= 0.3 is 11.9 Å². The fourth-order valence-corrected chi connectivity index (χ4v) is 9.31. The highest BCUT2D eigenvalue weighted by Crippen LogP contribution is 2.60. The molecule has 0 saturated carbocycles. The number of rotatable bonds is 18. The van der Waals surface area contributed by atoms with Gasteiger partial charge in [0.15, 0.2) is 0 Å². The van der Waals surface area contributed by atoms with E-state index in [2.05, 4.69) is 15.9 Å². The maximum absolute atomic E-state index is 15.2. The van der Waals surface area contributed by atoms with Crippen molar-refractivity contribution >= 4 is 46.1 Å². The quantitative estimate of drug-likeness (QED) is 0.0891. The fraction of sp³-hybridized carbons (Fsp3) is 0.500. The normalized spacial score (nSPS) is 12.9. The van der Waals surface area contributed by atoms with Crippen LogP contribution in [-0.2, 0) is 33.1 Å². The van der Waals surface area contributed by atoms with Gasteiger partial charge in [0.25, 0.3) is 0 Å². The van der Waals surface area contributed by atoms with Crippen molar-refractivity contribution in [3.63, 3.8) is 0 Å². The van der Waals surface area contributed by atoms with Crippen LogP contribution in [0.3, 0.4) is 0 Å². The Hall–Kier alpha value is -2.69. The summed E-state index contributed by atoms with van der Waals surface area (Å²) < 4.78 is 36.5. The molecule has 1 N–H and O–H groups in total. The summed E-state index contributed by atoms with van der Waals surface area (Å²) in [5.41, 5.74) is -0.865. The molecule has 10 nitrogen and oxygen atoms in total. The van der Waals surface area contributed by atoms with Crippen LogP contribution in [0.25, 0.3) is 0 Å². The molecular formula is C32H42BrO10P. The molecule has 0 aliphatic carbocycles. The van der Waals surface area contributed by atoms with Crippen LogP contribution in [0.4, 0.5) is 0 Å². The third kappa shape index (κ3) is 9.17. The summed E-state index contributed by atoms with van der Waals surface area (Å²) in [7, 11) is -5.09. The Morgan fingerprint density at radius 1 is 0.705 bits per heavy atom. The first kappa shape index (κ1) is 37.5. The van der Waals surface area contributed by atoms with E-state index >= 15 is 4.57 Å². The number of hydrogen-bond acceptors (Lipinski definition) is 9. The topological polar surface area (TPSA) is 142 Å². The van der Waals surface area contributed by atoms with Crippen LogP contribution in [0.15, 0.2) is 24.3 Å². The smallest absolute Gasteiger partial charge is 0.319 e. The van der Waals surface area contributed by atoms with Gasteiger partial charge in [-0.3, -0.25) is 19.2 Å². The van der Waals surface area contributed by atoms with E-state index in [-0.39, 0.29) is 37.6 Å². The van der Waals surface area contributed by atoms with E-state index in [1.165, 1.54) is 0 Å². The number of alkyl halides is 1. The number of carboxylic acid groups (broad SMARTS) is 1. The number of ether oxygens (including phenoxy) is 4. The van der Waals surface area contributed by atoms with Crippen molar-refractivity contribution in [1.29, 1.82) is 0 Å². The molecular weight excluding hydrogens is 655 g/mol. The number of carboxylic acids is 1. The minimum absolute atomic E-state index is 0.00487. The summed E-state index contributed by atoms with van der Waals surface area (Å²) in [5, 5.41) is 9.96. The molecule has 242 valence electrons. The van der Waals surface area contributed by atoms with Gasteiger partial charge in [0.1, 0.15) is 17.1 Å². The highest BCUT2D eigenvalue weighted by atomic mass is 79.9. The van der Waals surface area contributed by atoms with Crippen LogP contribution in [0.1, 0.15) is 61.0 Å². The van der Waals surface area contributed by atoms with Crippen molar-refractivity contribution in [3.05, 3.63) is 68.8 Å². The Labute approximate surface area is 267 Å². The summed E-state index contributed by atoms with van der Waals surface area (Å²) in [6.45, 7) is 13.6. The molecule has 0 saturated heterocycles. The second-order valence-corrected chi connectivity index (χ2v) is 14.3. The summed E-state index contributed by atoms with van der Waals surface area (Å²) in [6, 6.07) is 6.80. The van der Waals surface area contributed by atoms with Gasteiger partial charge < -0.3 is 28.6 Å². The molecule has 0 aliphatic heterocycles. The van der Waals surface area contributed by atoms with E-state index in [4.69, 9.17) is 18.9 Å². The van der Waals surface area contributed by atoms with Gasteiger partial charge in [0, 0.05) is 17.7 Å². The highest BCUT2D eigenvalue weighted by Gasteiger charge is 2.57. The molecule has 2 aromatic rings. The van der Waals surface area contributed by atoms with E-state index in [1.807, 2.05) is 20.8 Å². The third-order valence-corrected chi connectivity index (χ3v) is 11.2. The van der Waals surface area contributed by atoms with E-state index in [9.17, 15) is 24.3 Å². The van der Waals surface area contributed by atoms with Crippen molar-refractivity contribution in [2.45, 2.75) is 59.0 Å². The van der Waals surface area contributed by atoms with Gasteiger partial charge in [0.2, 0.25) is 18.2 Å². The number of carbonyl (C=O) groups excluding carboxylic acids is 3. The standard InChI is InChI=1S/C32H42BrO10P/c1-8-40-9-10-41-11-12-42-13-14-43-30(36)28(27(33)29(34)35)44(39,31(37)25-21(4)15-19(2)16-22(25)5)32(38)26-23(6)17-20(3)18-24(26)7/h15-18,27-28H,8-14H2,1-7H3,(H,34,35). The zero-order chi connectivity index (χ0) is 33.2. The molecule has 0 radical (unpaired) electrons. The lowest BCUT2D eigenvalue weighted by atomic mass is 10.0. The van der Waals surface area contributed by atoms with Crippen LogP contribution in [0.5, 0.6) is 0 Å². The van der Waals surface area contributed by atoms with Gasteiger partial charge in [0.05, 0.1) is 33.0 Å². The van der Waals surface area contributed by atoms with Crippen LogP contribution in [0, 0.1) is 41.5 Å². The van der Waals surface area contributed by atoms with Crippen molar-refractivity contribution < 1.29 is 47.8 Å². The lowest BCUT2D eigenvalue weighted by Crippen LogP contribution is -2.41. The molecule has 0 amide bonds. The number of carbonyl (C=O) groups is 4. The summed E-state index contributed by atoms with van der Waals surface area (Å²) in [5.74, 6) is -2.84. The molecule has 0 bridgehead atoms. The van der Waals surface area contributed by atoms with Gasteiger partial charge in [-0.15, -0.1) is 0 Å². The van der Waals surface area contributed by atoms with Crippen LogP contribution in [0.2, 0.25) is 0 Å². The number of esters is 1. The molecule has 2 unspecified atom stereocenters. The highest BCUT2D eigenvalue weighted by molar-refractivity contribution is 9.10. The third-order valence-electron chi connectivity index (χ3n) is 6.95. The maximum atomic E-state index is 15.2. The number of halogens is 1. The Balaban J connectivity index is 2.52. The average molecular weight is 698 g/mol. The lowest BCUT2D eigenvalue weighted by molar-refractivity contribution is -0.148. The summed E-state index contributed by atoms with van der Waals surface area (Å²) in [4.78, 5) is 52.8. The first-order chi connectivity index (χ1) is 20.7. The SMILES string of the molecule is CCOCCOCCOCCOC(=O)C(C(Br)C(=O)O)P(=O)(C(=O)c1c(C)cc(C)cc1C)C(=O)c1c(C)cc(C)cc1C. The lowest BCUT2D eigenvalue weighted by Gasteiger charge is -2.28. The Bertz CT molecular complexity index is 1300. The van der Waals surface area contributed by atoms with Gasteiger partial charge in [-0.1, -0.05) is 51.3 Å². The maximum Gasteiger partial charge on any atom is 0.319 e. The minimum atomic E-state index is -5.09. The Kier molecular flexibility index (Phi) is 14.6. The fourth-order valence-electron chi connectivity index (χ4n) is 5.17. The van der Waals surface area contributed by atoms with Crippen molar-refractivity contribution in [3.8, 4) is 0 Å². The molecule has 0 aromatic heterocycles. The molecule has 0 spiro atoms. The van der Waals surface area contributed by atoms with Crippen LogP contribution < -0.4 is 0 Å². The van der Waals surface area contributed by atoms with Gasteiger partial charge in [-0.2, -0.15) is 0 Å². The van der Waals surface area contributed by atoms with Crippen LogP contribution >= 0.6 is 23.1 Å². The van der Waals surface area contributed by atoms with Gasteiger partial charge in [-0.25, -0.2) is 0 Å². The van der Waals surface area contributed by atoms with E-state index in [0.717, 1.165) is 11.1 Å². The second-order valence-electron chi connectivity index (χ2n) is 10.6. The molecule has 0 heterocycles. The second kappa shape index (κ2) is 17.1. The van der Waals surface area contributed by atoms with Crippen molar-refractivity contribution in [2.75, 3.05) is 46.2 Å². The monoisotopic (exact) mass is 696 g/mol. The Morgan fingerprint density at radius 2 is 1.07 bits per heavy atom. The van der Waals surface area contributed by atoms with Crippen molar-refractivity contribution in [1.82, 2.24) is 0 Å². The van der Waals surface area contributed by atoms with E-state index in [0.29, 0.717) is 42.1 Å². The number of hydrogen-bond donors (Lipinski definition) is 1. The molecule has 2 aromatic carbocycles. The minimum Gasteiger partial charge on any atom is -0.480 e. The zero-order valence-electron chi connectivity index (χ0n) is 26.4. The van der Waals surface area contributed by atoms with Crippen LogP contribution in [-0.4, -0.2) is 84.8 Å². The molecule has 2 rings (SSSR count). The predicted molar refractivity (Wildman–Crippen MR) is 171 cm³/mol. The molecule has 0 fully saturated rings. The molecule has 0 aliphatic rings. The molecule has 2 atom stereocenters. The first-order valence-electron chi connectivity index (χ1n) is 14.3. The van der Waals surface area contributed by atoms with E-state index in [1.54, 1.807) is 52.0 Å². The average Bonchev–Trinajstić information content (AvgIpc) is 2.92. The van der Waals surface area contributed by atoms with E-state index < -0.39 is 40.6 Å². The molecule has 12 heteroatoms. The first-order valence-corrected chi connectivity index (χ1v) is 17.0. The number of aliphatic carboxylic acids is 1. The zero-order valence-corrected chi connectivity index (χ0v) is 28.8. The molecule has 44 heavy (non-hydrogen) atoms. The summed E-state index contributed by atoms with van der Waals surface area (Å²) in [6.07, 6.45) is 0. The van der Waals surface area contributed by atoms with Crippen molar-refractivity contribution in [2.24, 2.45) is 0 Å².